The molecule has 1 fully saturated rings. The molecular formula is C11H19NO. The molecule has 0 saturated heterocycles. The SMILES string of the molecule is C=CC(=O)NC1CCC(C)C(C)C1. The van der Waals surface area contributed by atoms with Crippen LogP contribution in [0.5, 0.6) is 0 Å². The summed E-state index contributed by atoms with van der Waals surface area (Å²) in [6.07, 6.45) is 4.80. The first-order valence-electron chi connectivity index (χ1n) is 5.06. The molecule has 3 unspecified atom stereocenters. The molecule has 0 aromatic heterocycles. The Hall–Kier alpha value is -0.790. The van der Waals surface area contributed by atoms with Gasteiger partial charge in [-0.1, -0.05) is 20.4 Å². The van der Waals surface area contributed by atoms with Gasteiger partial charge in [-0.25, -0.2) is 0 Å². The van der Waals surface area contributed by atoms with Crippen molar-refractivity contribution in [1.29, 1.82) is 0 Å². The van der Waals surface area contributed by atoms with Crippen LogP contribution in [0.4, 0.5) is 0 Å². The second-order valence-corrected chi connectivity index (χ2v) is 4.18. The fourth-order valence-electron chi connectivity index (χ4n) is 1.94. The molecule has 0 aromatic carbocycles. The van der Waals surface area contributed by atoms with Crippen molar-refractivity contribution in [3.63, 3.8) is 0 Å². The molecule has 0 spiro atoms. The van der Waals surface area contributed by atoms with Crippen LogP contribution in [0.1, 0.15) is 33.1 Å². The van der Waals surface area contributed by atoms with Crippen LogP contribution in [0.25, 0.3) is 0 Å². The maximum atomic E-state index is 11.0. The van der Waals surface area contributed by atoms with E-state index in [1.165, 1.54) is 12.5 Å². The van der Waals surface area contributed by atoms with Crippen molar-refractivity contribution >= 4 is 5.91 Å². The lowest BCUT2D eigenvalue weighted by molar-refractivity contribution is -0.117. The highest BCUT2D eigenvalue weighted by molar-refractivity contribution is 5.87. The van der Waals surface area contributed by atoms with Crippen molar-refractivity contribution < 1.29 is 4.79 Å². The molecule has 2 heteroatoms. The molecule has 1 N–H and O–H groups in total. The Balaban J connectivity index is 2.37. The lowest BCUT2D eigenvalue weighted by atomic mass is 9.79. The van der Waals surface area contributed by atoms with Gasteiger partial charge in [-0.2, -0.15) is 0 Å². The Morgan fingerprint density at radius 3 is 2.62 bits per heavy atom. The maximum Gasteiger partial charge on any atom is 0.243 e. The summed E-state index contributed by atoms with van der Waals surface area (Å²) in [5.74, 6) is 1.49. The predicted octanol–water partition coefficient (Wildman–Crippen LogP) is 2.11. The molecule has 0 heterocycles. The van der Waals surface area contributed by atoms with Crippen molar-refractivity contribution in [2.24, 2.45) is 11.8 Å². The number of amides is 1. The number of hydrogen-bond acceptors (Lipinski definition) is 1. The van der Waals surface area contributed by atoms with E-state index in [2.05, 4.69) is 25.7 Å². The predicted molar refractivity (Wildman–Crippen MR) is 54.3 cm³/mol. The average molecular weight is 181 g/mol. The lowest BCUT2D eigenvalue weighted by Gasteiger charge is -2.32. The molecule has 1 saturated carbocycles. The number of carbonyl (C=O) groups is 1. The number of nitrogens with one attached hydrogen (secondary N) is 1. The molecule has 74 valence electrons. The van der Waals surface area contributed by atoms with Gasteiger partial charge < -0.3 is 5.32 Å². The van der Waals surface area contributed by atoms with Gasteiger partial charge in [0.15, 0.2) is 0 Å². The lowest BCUT2D eigenvalue weighted by Crippen LogP contribution is -2.38. The molecule has 3 atom stereocenters. The van der Waals surface area contributed by atoms with Crippen LogP contribution in [-0.4, -0.2) is 11.9 Å². The average Bonchev–Trinajstić information content (AvgIpc) is 2.11. The summed E-state index contributed by atoms with van der Waals surface area (Å²) < 4.78 is 0. The second kappa shape index (κ2) is 4.45. The highest BCUT2D eigenvalue weighted by Gasteiger charge is 2.24. The monoisotopic (exact) mass is 181 g/mol. The van der Waals surface area contributed by atoms with Gasteiger partial charge in [0.25, 0.3) is 0 Å². The number of carbonyl (C=O) groups excluding carboxylic acids is 1. The third-order valence-electron chi connectivity index (χ3n) is 3.13. The van der Waals surface area contributed by atoms with Gasteiger partial charge in [-0.3, -0.25) is 4.79 Å². The van der Waals surface area contributed by atoms with E-state index in [1.807, 2.05) is 0 Å². The van der Waals surface area contributed by atoms with E-state index < -0.39 is 0 Å². The summed E-state index contributed by atoms with van der Waals surface area (Å²) in [5, 5.41) is 2.96. The van der Waals surface area contributed by atoms with Crippen LogP contribution >= 0.6 is 0 Å². The van der Waals surface area contributed by atoms with E-state index in [0.717, 1.165) is 24.7 Å². The van der Waals surface area contributed by atoms with Crippen LogP contribution in [0.2, 0.25) is 0 Å². The zero-order valence-corrected chi connectivity index (χ0v) is 8.55. The van der Waals surface area contributed by atoms with E-state index in [0.29, 0.717) is 6.04 Å². The standard InChI is InChI=1S/C11H19NO/c1-4-11(13)12-10-6-5-8(2)9(3)7-10/h4,8-10H,1,5-7H2,2-3H3,(H,12,13). The molecule has 13 heavy (non-hydrogen) atoms. The van der Waals surface area contributed by atoms with Crippen LogP contribution in [0, 0.1) is 11.8 Å². The number of hydrogen-bond donors (Lipinski definition) is 1. The minimum atomic E-state index is -0.0354. The smallest absolute Gasteiger partial charge is 0.243 e. The zero-order valence-electron chi connectivity index (χ0n) is 8.55. The molecule has 0 aromatic rings. The Labute approximate surface area is 80.4 Å². The highest BCUT2D eigenvalue weighted by Crippen LogP contribution is 2.29. The van der Waals surface area contributed by atoms with Gasteiger partial charge >= 0.3 is 0 Å². The summed E-state index contributed by atoms with van der Waals surface area (Å²) in [7, 11) is 0. The Kier molecular flexibility index (Phi) is 3.52. The normalized spacial score (nSPS) is 33.8. The van der Waals surface area contributed by atoms with Crippen LogP contribution < -0.4 is 5.32 Å². The molecule has 2 nitrogen and oxygen atoms in total. The summed E-state index contributed by atoms with van der Waals surface area (Å²) in [4.78, 5) is 11.0. The van der Waals surface area contributed by atoms with Crippen molar-refractivity contribution in [3.8, 4) is 0 Å². The third kappa shape index (κ3) is 2.87. The number of rotatable bonds is 2. The molecule has 1 amide bonds. The third-order valence-corrected chi connectivity index (χ3v) is 3.13. The first kappa shape index (κ1) is 10.3. The van der Waals surface area contributed by atoms with Crippen molar-refractivity contribution in [2.75, 3.05) is 0 Å². The van der Waals surface area contributed by atoms with Crippen molar-refractivity contribution in [2.45, 2.75) is 39.2 Å². The molecule has 1 aliphatic carbocycles. The van der Waals surface area contributed by atoms with Gasteiger partial charge in [0.2, 0.25) is 5.91 Å². The molecule has 1 rings (SSSR count). The first-order chi connectivity index (χ1) is 6.13. The topological polar surface area (TPSA) is 29.1 Å². The Morgan fingerprint density at radius 1 is 1.38 bits per heavy atom. The van der Waals surface area contributed by atoms with Gasteiger partial charge in [0.05, 0.1) is 0 Å². The summed E-state index contributed by atoms with van der Waals surface area (Å²) >= 11 is 0. The Bertz CT molecular complexity index is 200. The van der Waals surface area contributed by atoms with E-state index in [4.69, 9.17) is 0 Å². The van der Waals surface area contributed by atoms with Crippen LogP contribution in [0.3, 0.4) is 0 Å². The van der Waals surface area contributed by atoms with Gasteiger partial charge in [0, 0.05) is 6.04 Å². The quantitative estimate of drug-likeness (QED) is 0.649. The van der Waals surface area contributed by atoms with E-state index in [9.17, 15) is 4.79 Å². The zero-order chi connectivity index (χ0) is 9.84. The Morgan fingerprint density at radius 2 is 2.08 bits per heavy atom. The van der Waals surface area contributed by atoms with E-state index in [-0.39, 0.29) is 5.91 Å². The summed E-state index contributed by atoms with van der Waals surface area (Å²) in [6.45, 7) is 8.00. The van der Waals surface area contributed by atoms with E-state index in [1.54, 1.807) is 0 Å². The minimum Gasteiger partial charge on any atom is -0.350 e. The fraction of sp³-hybridized carbons (Fsp3) is 0.727. The largest absolute Gasteiger partial charge is 0.350 e. The molecular weight excluding hydrogens is 162 g/mol. The first-order valence-corrected chi connectivity index (χ1v) is 5.06. The van der Waals surface area contributed by atoms with Gasteiger partial charge in [-0.15, -0.1) is 0 Å². The van der Waals surface area contributed by atoms with Crippen LogP contribution in [-0.2, 0) is 4.79 Å². The highest BCUT2D eigenvalue weighted by atomic mass is 16.1. The van der Waals surface area contributed by atoms with E-state index >= 15 is 0 Å². The molecule has 0 aliphatic heterocycles. The van der Waals surface area contributed by atoms with Crippen molar-refractivity contribution in [3.05, 3.63) is 12.7 Å². The summed E-state index contributed by atoms with van der Waals surface area (Å²) in [6, 6.07) is 0.372. The second-order valence-electron chi connectivity index (χ2n) is 4.18. The minimum absolute atomic E-state index is 0.0354. The summed E-state index contributed by atoms with van der Waals surface area (Å²) in [5.41, 5.74) is 0. The van der Waals surface area contributed by atoms with Gasteiger partial charge in [-0.05, 0) is 37.2 Å². The fourth-order valence-corrected chi connectivity index (χ4v) is 1.94. The molecule has 0 radical (unpaired) electrons. The van der Waals surface area contributed by atoms with Gasteiger partial charge in [0.1, 0.15) is 0 Å². The molecule has 1 aliphatic rings. The van der Waals surface area contributed by atoms with Crippen LogP contribution in [0.15, 0.2) is 12.7 Å². The molecule has 0 bridgehead atoms. The van der Waals surface area contributed by atoms with Crippen molar-refractivity contribution in [1.82, 2.24) is 5.32 Å². The maximum absolute atomic E-state index is 11.0.